The first-order valence-electron chi connectivity index (χ1n) is 7.82. The molecule has 0 aliphatic carbocycles. The summed E-state index contributed by atoms with van der Waals surface area (Å²) < 4.78 is 15.1. The minimum absolute atomic E-state index is 0.295. The van der Waals surface area contributed by atoms with Crippen LogP contribution in [0.4, 0.5) is 10.1 Å². The van der Waals surface area contributed by atoms with E-state index < -0.39 is 5.82 Å². The van der Waals surface area contributed by atoms with Gasteiger partial charge in [0, 0.05) is 11.1 Å². The second kappa shape index (κ2) is 6.20. The van der Waals surface area contributed by atoms with Gasteiger partial charge in [0.15, 0.2) is 5.69 Å². The predicted octanol–water partition coefficient (Wildman–Crippen LogP) is 4.42. The molecule has 0 unspecified atom stereocenters. The largest absolute Gasteiger partial charge is 0.320 e. The molecule has 0 radical (unpaired) electrons. The number of benzene rings is 3. The molecule has 0 bridgehead atoms. The Kier molecular flexibility index (Phi) is 3.74. The quantitative estimate of drug-likeness (QED) is 0.604. The average molecular weight is 331 g/mol. The molecular formula is C20H14FN3O. The summed E-state index contributed by atoms with van der Waals surface area (Å²) >= 11 is 0. The molecule has 0 saturated heterocycles. The number of hydrogen-bond acceptors (Lipinski definition) is 2. The second-order valence-corrected chi connectivity index (χ2v) is 5.58. The molecule has 0 atom stereocenters. The van der Waals surface area contributed by atoms with E-state index in [1.165, 1.54) is 12.1 Å². The Hall–Kier alpha value is -3.47. The van der Waals surface area contributed by atoms with Gasteiger partial charge in [-0.1, -0.05) is 42.5 Å². The maximum Gasteiger partial charge on any atom is 0.276 e. The predicted molar refractivity (Wildman–Crippen MR) is 95.4 cm³/mol. The van der Waals surface area contributed by atoms with Gasteiger partial charge in [-0.15, -0.1) is 0 Å². The van der Waals surface area contributed by atoms with Gasteiger partial charge in [-0.25, -0.2) is 9.07 Å². The van der Waals surface area contributed by atoms with Crippen molar-refractivity contribution in [1.82, 2.24) is 9.78 Å². The molecule has 0 saturated carbocycles. The van der Waals surface area contributed by atoms with Gasteiger partial charge in [-0.05, 0) is 36.4 Å². The van der Waals surface area contributed by atoms with Crippen molar-refractivity contribution in [2.24, 2.45) is 0 Å². The number of anilines is 1. The van der Waals surface area contributed by atoms with Crippen LogP contribution in [0, 0.1) is 5.82 Å². The molecule has 0 aliphatic heterocycles. The highest BCUT2D eigenvalue weighted by Crippen LogP contribution is 2.23. The van der Waals surface area contributed by atoms with Crippen LogP contribution in [0.15, 0.2) is 78.9 Å². The Balaban J connectivity index is 1.78. The third-order valence-corrected chi connectivity index (χ3v) is 3.89. The fraction of sp³-hybridized carbons (Fsp3) is 0. The number of halogens is 1. The van der Waals surface area contributed by atoms with Gasteiger partial charge in [0.25, 0.3) is 5.91 Å². The summed E-state index contributed by atoms with van der Waals surface area (Å²) in [7, 11) is 0. The minimum atomic E-state index is -0.405. The highest BCUT2D eigenvalue weighted by molar-refractivity contribution is 6.11. The molecule has 4 rings (SSSR count). The lowest BCUT2D eigenvalue weighted by Crippen LogP contribution is -2.13. The molecular weight excluding hydrogens is 317 g/mol. The van der Waals surface area contributed by atoms with Crippen molar-refractivity contribution in [2.45, 2.75) is 0 Å². The van der Waals surface area contributed by atoms with E-state index in [2.05, 4.69) is 10.4 Å². The summed E-state index contributed by atoms with van der Waals surface area (Å²) in [5, 5.41) is 7.93. The van der Waals surface area contributed by atoms with E-state index in [4.69, 9.17) is 0 Å². The monoisotopic (exact) mass is 331 g/mol. The molecule has 1 aromatic heterocycles. The van der Waals surface area contributed by atoms with Crippen LogP contribution in [0.5, 0.6) is 0 Å². The summed E-state index contributed by atoms with van der Waals surface area (Å²) in [5.41, 5.74) is 2.38. The summed E-state index contributed by atoms with van der Waals surface area (Å²) in [6.45, 7) is 0. The van der Waals surface area contributed by atoms with E-state index in [0.29, 0.717) is 11.4 Å². The third-order valence-electron chi connectivity index (χ3n) is 3.89. The van der Waals surface area contributed by atoms with Crippen molar-refractivity contribution in [2.75, 3.05) is 5.32 Å². The number of carbonyl (C=O) groups is 1. The fourth-order valence-electron chi connectivity index (χ4n) is 2.76. The minimum Gasteiger partial charge on any atom is -0.320 e. The highest BCUT2D eigenvalue weighted by Gasteiger charge is 2.18. The maximum atomic E-state index is 13.3. The zero-order valence-electron chi connectivity index (χ0n) is 13.2. The third kappa shape index (κ3) is 2.87. The fourth-order valence-corrected chi connectivity index (χ4v) is 2.76. The molecule has 5 heteroatoms. The van der Waals surface area contributed by atoms with Crippen LogP contribution in [0.3, 0.4) is 0 Å². The van der Waals surface area contributed by atoms with Gasteiger partial charge in [0.1, 0.15) is 5.82 Å². The number of carbonyl (C=O) groups excluding carboxylic acids is 1. The van der Waals surface area contributed by atoms with Gasteiger partial charge in [-0.3, -0.25) is 4.79 Å². The number of rotatable bonds is 3. The van der Waals surface area contributed by atoms with Crippen molar-refractivity contribution in [3.8, 4) is 5.69 Å². The molecule has 4 aromatic rings. The van der Waals surface area contributed by atoms with Crippen LogP contribution in [0.25, 0.3) is 16.6 Å². The molecule has 3 aromatic carbocycles. The lowest BCUT2D eigenvalue weighted by atomic mass is 10.2. The zero-order chi connectivity index (χ0) is 17.2. The normalized spacial score (nSPS) is 10.8. The summed E-state index contributed by atoms with van der Waals surface area (Å²) in [5.74, 6) is -0.783. The molecule has 25 heavy (non-hydrogen) atoms. The molecule has 0 fully saturated rings. The lowest BCUT2D eigenvalue weighted by Gasteiger charge is -2.03. The summed E-state index contributed by atoms with van der Waals surface area (Å²) in [6, 6.07) is 22.9. The second-order valence-electron chi connectivity index (χ2n) is 5.58. The Bertz CT molecular complexity index is 1060. The number of amides is 1. The number of hydrogen-bond donors (Lipinski definition) is 1. The Morgan fingerprint density at radius 2 is 1.68 bits per heavy atom. The van der Waals surface area contributed by atoms with Gasteiger partial charge in [0.05, 0.1) is 11.2 Å². The van der Waals surface area contributed by atoms with E-state index in [-0.39, 0.29) is 5.91 Å². The van der Waals surface area contributed by atoms with E-state index in [1.807, 2.05) is 54.6 Å². The number of aromatic nitrogens is 2. The Morgan fingerprint density at radius 1 is 0.920 bits per heavy atom. The van der Waals surface area contributed by atoms with Crippen LogP contribution in [0.2, 0.25) is 0 Å². The van der Waals surface area contributed by atoms with Gasteiger partial charge in [0.2, 0.25) is 0 Å². The van der Waals surface area contributed by atoms with E-state index >= 15 is 0 Å². The number of para-hydroxylation sites is 2. The van der Waals surface area contributed by atoms with Gasteiger partial charge >= 0.3 is 0 Å². The van der Waals surface area contributed by atoms with Crippen molar-refractivity contribution < 1.29 is 9.18 Å². The van der Waals surface area contributed by atoms with Crippen LogP contribution >= 0.6 is 0 Å². The number of fused-ring (bicyclic) bond motifs is 1. The first-order valence-corrected chi connectivity index (χ1v) is 7.82. The van der Waals surface area contributed by atoms with Crippen LogP contribution < -0.4 is 5.32 Å². The first-order chi connectivity index (χ1) is 12.2. The molecule has 0 aliphatic rings. The van der Waals surface area contributed by atoms with E-state index in [9.17, 15) is 9.18 Å². The summed E-state index contributed by atoms with van der Waals surface area (Å²) in [6.07, 6.45) is 0. The van der Waals surface area contributed by atoms with Crippen LogP contribution in [-0.4, -0.2) is 15.7 Å². The maximum absolute atomic E-state index is 13.3. The van der Waals surface area contributed by atoms with Crippen LogP contribution in [0.1, 0.15) is 10.5 Å². The lowest BCUT2D eigenvalue weighted by molar-refractivity contribution is 0.102. The van der Waals surface area contributed by atoms with Crippen molar-refractivity contribution >= 4 is 22.5 Å². The SMILES string of the molecule is O=C(Nc1cccc(F)c1)c1nn(-c2ccccc2)c2ccccc12. The van der Waals surface area contributed by atoms with Crippen LogP contribution in [-0.2, 0) is 0 Å². The molecule has 1 heterocycles. The van der Waals surface area contributed by atoms with Crippen molar-refractivity contribution in [3.05, 3.63) is 90.4 Å². The van der Waals surface area contributed by atoms with Crippen molar-refractivity contribution in [1.29, 1.82) is 0 Å². The van der Waals surface area contributed by atoms with Gasteiger partial charge in [-0.2, -0.15) is 5.10 Å². The first kappa shape index (κ1) is 15.1. The smallest absolute Gasteiger partial charge is 0.276 e. The van der Waals surface area contributed by atoms with E-state index in [1.54, 1.807) is 16.8 Å². The van der Waals surface area contributed by atoms with E-state index in [0.717, 1.165) is 16.6 Å². The molecule has 1 N–H and O–H groups in total. The number of nitrogens with zero attached hydrogens (tertiary/aromatic N) is 2. The molecule has 122 valence electrons. The molecule has 4 nitrogen and oxygen atoms in total. The highest BCUT2D eigenvalue weighted by atomic mass is 19.1. The molecule has 0 spiro atoms. The zero-order valence-corrected chi connectivity index (χ0v) is 13.2. The Morgan fingerprint density at radius 3 is 2.48 bits per heavy atom. The van der Waals surface area contributed by atoms with Gasteiger partial charge < -0.3 is 5.32 Å². The summed E-state index contributed by atoms with van der Waals surface area (Å²) in [4.78, 5) is 12.7. The Labute approximate surface area is 143 Å². The number of nitrogens with one attached hydrogen (secondary N) is 1. The topological polar surface area (TPSA) is 46.9 Å². The molecule has 1 amide bonds. The standard InChI is InChI=1S/C20H14FN3O/c21-14-7-6-8-15(13-14)22-20(25)19-17-11-4-5-12-18(17)24(23-19)16-9-2-1-3-10-16/h1-13H,(H,22,25). The van der Waals surface area contributed by atoms with Crippen molar-refractivity contribution in [3.63, 3.8) is 0 Å². The average Bonchev–Trinajstić information content (AvgIpc) is 3.02.